The molecule has 0 aliphatic carbocycles. The van der Waals surface area contributed by atoms with Gasteiger partial charge < -0.3 is 14.2 Å². The largest absolute Gasteiger partial charge is 0.496 e. The highest BCUT2D eigenvalue weighted by atomic mass is 16.5. The fourth-order valence-electron chi connectivity index (χ4n) is 1.89. The van der Waals surface area contributed by atoms with Gasteiger partial charge in [-0.3, -0.25) is 14.9 Å². The molecule has 20 heavy (non-hydrogen) atoms. The van der Waals surface area contributed by atoms with E-state index in [1.807, 2.05) is 6.07 Å². The quantitative estimate of drug-likeness (QED) is 0.779. The molecule has 0 spiro atoms. The van der Waals surface area contributed by atoms with Crippen molar-refractivity contribution in [3.63, 3.8) is 0 Å². The molecule has 0 aromatic heterocycles. The van der Waals surface area contributed by atoms with Crippen LogP contribution in [-0.2, 0) is 20.9 Å². The minimum absolute atomic E-state index is 0.0543. The summed E-state index contributed by atoms with van der Waals surface area (Å²) in [5.41, 5.74) is 1.06. The molecule has 2 amide bonds. The molecular weight excluding hydrogens is 262 g/mol. The Hall–Kier alpha value is -2.34. The molecule has 0 unspecified atom stereocenters. The Balaban J connectivity index is 2.02. The lowest BCUT2D eigenvalue weighted by molar-refractivity contribution is -0.124. The van der Waals surface area contributed by atoms with Crippen LogP contribution in [0.1, 0.15) is 5.56 Å². The number of carbonyl (C=O) groups excluding carboxylic acids is 2. The molecule has 1 aromatic rings. The number of methoxy groups -OCH3 is 2. The molecule has 6 nitrogen and oxygen atoms in total. The maximum absolute atomic E-state index is 11.3. The number of rotatable bonds is 6. The Bertz CT molecular complexity index is 542. The average molecular weight is 277 g/mol. The fraction of sp³-hybridized carbons (Fsp3) is 0.286. The SMILES string of the molecule is COc1cccc(OC)c1COCC1=CC(=O)NC1=O. The van der Waals surface area contributed by atoms with Gasteiger partial charge in [-0.05, 0) is 12.1 Å². The lowest BCUT2D eigenvalue weighted by Crippen LogP contribution is -2.23. The first-order valence-electron chi connectivity index (χ1n) is 5.99. The molecule has 0 radical (unpaired) electrons. The third kappa shape index (κ3) is 2.97. The molecule has 1 N–H and O–H groups in total. The normalized spacial score (nSPS) is 14.0. The van der Waals surface area contributed by atoms with Crippen LogP contribution in [0.4, 0.5) is 0 Å². The number of nitrogens with one attached hydrogen (secondary N) is 1. The van der Waals surface area contributed by atoms with Crippen LogP contribution >= 0.6 is 0 Å². The number of ether oxygens (including phenoxy) is 3. The molecule has 1 aromatic carbocycles. The Kier molecular flexibility index (Phi) is 4.37. The zero-order chi connectivity index (χ0) is 14.5. The number of amides is 2. The summed E-state index contributed by atoms with van der Waals surface area (Å²) in [6.07, 6.45) is 1.24. The van der Waals surface area contributed by atoms with E-state index in [4.69, 9.17) is 14.2 Å². The molecular formula is C14H15NO5. The van der Waals surface area contributed by atoms with E-state index in [1.165, 1.54) is 6.08 Å². The first kappa shape index (κ1) is 14.1. The molecule has 106 valence electrons. The summed E-state index contributed by atoms with van der Waals surface area (Å²) in [6.45, 7) is 0.269. The molecule has 0 bridgehead atoms. The highest BCUT2D eigenvalue weighted by molar-refractivity contribution is 6.16. The van der Waals surface area contributed by atoms with Gasteiger partial charge in [-0.25, -0.2) is 0 Å². The van der Waals surface area contributed by atoms with Crippen LogP contribution in [0.15, 0.2) is 29.8 Å². The van der Waals surface area contributed by atoms with Gasteiger partial charge in [0.15, 0.2) is 0 Å². The summed E-state index contributed by atoms with van der Waals surface area (Å²) in [6, 6.07) is 5.41. The number of benzene rings is 1. The number of imide groups is 1. The van der Waals surface area contributed by atoms with Gasteiger partial charge in [0.2, 0.25) is 0 Å². The van der Waals surface area contributed by atoms with Gasteiger partial charge in [0.25, 0.3) is 11.8 Å². The second kappa shape index (κ2) is 6.21. The van der Waals surface area contributed by atoms with Crippen LogP contribution in [-0.4, -0.2) is 32.6 Å². The van der Waals surface area contributed by atoms with Crippen LogP contribution in [0.2, 0.25) is 0 Å². The number of hydrogen-bond donors (Lipinski definition) is 1. The second-order valence-corrected chi connectivity index (χ2v) is 4.12. The zero-order valence-corrected chi connectivity index (χ0v) is 11.3. The number of carbonyl (C=O) groups is 2. The average Bonchev–Trinajstić information content (AvgIpc) is 2.77. The molecule has 0 atom stereocenters. The van der Waals surface area contributed by atoms with Crippen LogP contribution in [0.3, 0.4) is 0 Å². The maximum Gasteiger partial charge on any atom is 0.256 e. The predicted octanol–water partition coefficient (Wildman–Crippen LogP) is 0.803. The van der Waals surface area contributed by atoms with Crippen molar-refractivity contribution in [3.05, 3.63) is 35.4 Å². The van der Waals surface area contributed by atoms with Gasteiger partial charge in [0.05, 0.1) is 33.0 Å². The first-order chi connectivity index (χ1) is 9.65. The predicted molar refractivity (Wildman–Crippen MR) is 70.4 cm³/mol. The van der Waals surface area contributed by atoms with Gasteiger partial charge in [-0.15, -0.1) is 0 Å². The van der Waals surface area contributed by atoms with Crippen molar-refractivity contribution in [1.82, 2.24) is 5.32 Å². The summed E-state index contributed by atoms with van der Waals surface area (Å²) >= 11 is 0. The number of hydrogen-bond acceptors (Lipinski definition) is 5. The smallest absolute Gasteiger partial charge is 0.256 e. The Labute approximate surface area is 116 Å². The fourth-order valence-corrected chi connectivity index (χ4v) is 1.89. The van der Waals surface area contributed by atoms with Gasteiger partial charge in [0.1, 0.15) is 11.5 Å². The molecule has 2 rings (SSSR count). The second-order valence-electron chi connectivity index (χ2n) is 4.12. The van der Waals surface area contributed by atoms with Crippen molar-refractivity contribution in [1.29, 1.82) is 0 Å². The summed E-state index contributed by atoms with van der Waals surface area (Å²) < 4.78 is 15.9. The van der Waals surface area contributed by atoms with Crippen molar-refractivity contribution in [2.75, 3.05) is 20.8 Å². The molecule has 1 heterocycles. The Morgan fingerprint density at radius 3 is 2.20 bits per heavy atom. The summed E-state index contributed by atoms with van der Waals surface area (Å²) in [5.74, 6) is 0.459. The summed E-state index contributed by atoms with van der Waals surface area (Å²) in [4.78, 5) is 22.3. The summed E-state index contributed by atoms with van der Waals surface area (Å²) in [7, 11) is 3.12. The van der Waals surface area contributed by atoms with E-state index in [9.17, 15) is 9.59 Å². The van der Waals surface area contributed by atoms with Crippen molar-refractivity contribution in [3.8, 4) is 11.5 Å². The van der Waals surface area contributed by atoms with Crippen molar-refractivity contribution in [2.24, 2.45) is 0 Å². The minimum atomic E-state index is -0.415. The van der Waals surface area contributed by atoms with Crippen LogP contribution in [0.5, 0.6) is 11.5 Å². The molecule has 0 fully saturated rings. The van der Waals surface area contributed by atoms with Crippen molar-refractivity contribution in [2.45, 2.75) is 6.61 Å². The van der Waals surface area contributed by atoms with Crippen LogP contribution < -0.4 is 14.8 Å². The highest BCUT2D eigenvalue weighted by Crippen LogP contribution is 2.28. The lowest BCUT2D eigenvalue weighted by atomic mass is 10.2. The third-order valence-electron chi connectivity index (χ3n) is 2.87. The van der Waals surface area contributed by atoms with E-state index in [1.54, 1.807) is 26.4 Å². The molecule has 1 aliphatic rings. The zero-order valence-electron chi connectivity index (χ0n) is 11.3. The standard InChI is InChI=1S/C14H15NO5/c1-18-11-4-3-5-12(19-2)10(11)8-20-7-9-6-13(16)15-14(9)17/h3-6H,7-8H2,1-2H3,(H,15,16,17). The monoisotopic (exact) mass is 277 g/mol. The maximum atomic E-state index is 11.3. The van der Waals surface area contributed by atoms with Gasteiger partial charge >= 0.3 is 0 Å². The first-order valence-corrected chi connectivity index (χ1v) is 5.99. The van der Waals surface area contributed by atoms with Crippen molar-refractivity contribution < 1.29 is 23.8 Å². The Morgan fingerprint density at radius 1 is 1.05 bits per heavy atom. The van der Waals surface area contributed by atoms with Crippen molar-refractivity contribution >= 4 is 11.8 Å². The summed E-state index contributed by atoms with van der Waals surface area (Å²) in [5, 5.41) is 2.16. The molecule has 1 aliphatic heterocycles. The van der Waals surface area contributed by atoms with E-state index < -0.39 is 11.8 Å². The van der Waals surface area contributed by atoms with E-state index in [0.29, 0.717) is 17.1 Å². The van der Waals surface area contributed by atoms with Gasteiger partial charge in [0, 0.05) is 11.6 Å². The Morgan fingerprint density at radius 2 is 1.70 bits per heavy atom. The van der Waals surface area contributed by atoms with Gasteiger partial charge in [-0.1, -0.05) is 6.07 Å². The topological polar surface area (TPSA) is 73.9 Å². The van der Waals surface area contributed by atoms with Gasteiger partial charge in [-0.2, -0.15) is 0 Å². The molecule has 6 heteroatoms. The van der Waals surface area contributed by atoms with E-state index in [2.05, 4.69) is 5.32 Å². The van der Waals surface area contributed by atoms with E-state index >= 15 is 0 Å². The van der Waals surface area contributed by atoms with E-state index in [-0.39, 0.29) is 13.2 Å². The third-order valence-corrected chi connectivity index (χ3v) is 2.87. The van der Waals surface area contributed by atoms with E-state index in [0.717, 1.165) is 5.56 Å². The minimum Gasteiger partial charge on any atom is -0.496 e. The highest BCUT2D eigenvalue weighted by Gasteiger charge is 2.20. The molecule has 0 saturated heterocycles. The lowest BCUT2D eigenvalue weighted by Gasteiger charge is -2.13. The van der Waals surface area contributed by atoms with Crippen LogP contribution in [0, 0.1) is 0 Å². The molecule has 0 saturated carbocycles. The van der Waals surface area contributed by atoms with Crippen LogP contribution in [0.25, 0.3) is 0 Å².